The highest BCUT2D eigenvalue weighted by Gasteiger charge is 2.32. The number of rotatable bonds is 4. The van der Waals surface area contributed by atoms with Crippen molar-refractivity contribution in [1.29, 1.82) is 0 Å². The van der Waals surface area contributed by atoms with Crippen LogP contribution in [0.25, 0.3) is 0 Å². The molecular formula is C11H11N3O3S2. The third-order valence-electron chi connectivity index (χ3n) is 2.36. The van der Waals surface area contributed by atoms with Gasteiger partial charge < -0.3 is 10.4 Å². The van der Waals surface area contributed by atoms with Crippen molar-refractivity contribution in [3.05, 3.63) is 21.9 Å². The van der Waals surface area contributed by atoms with Crippen molar-refractivity contribution < 1.29 is 14.7 Å². The van der Waals surface area contributed by atoms with Crippen molar-refractivity contribution in [2.75, 3.05) is 0 Å². The number of amides is 1. The molecule has 1 aliphatic heterocycles. The number of thiophene rings is 1. The Morgan fingerprint density at radius 2 is 2.42 bits per heavy atom. The monoisotopic (exact) mass is 297 g/mol. The van der Waals surface area contributed by atoms with Crippen molar-refractivity contribution >= 4 is 46.4 Å². The maximum atomic E-state index is 11.4. The molecular weight excluding hydrogens is 286 g/mol. The maximum Gasteiger partial charge on any atom is 0.305 e. The number of amidine groups is 1. The molecule has 0 bridgehead atoms. The zero-order valence-corrected chi connectivity index (χ0v) is 11.6. The molecule has 2 N–H and O–H groups in total. The van der Waals surface area contributed by atoms with Crippen molar-refractivity contribution in [2.45, 2.75) is 18.6 Å². The van der Waals surface area contributed by atoms with Gasteiger partial charge in [-0.3, -0.25) is 9.59 Å². The summed E-state index contributed by atoms with van der Waals surface area (Å²) in [4.78, 5) is 23.0. The number of nitrogens with zero attached hydrogens (tertiary/aromatic N) is 2. The van der Waals surface area contributed by atoms with Crippen LogP contribution in [0.5, 0.6) is 0 Å². The molecule has 2 rings (SSSR count). The van der Waals surface area contributed by atoms with Gasteiger partial charge in [0, 0.05) is 0 Å². The molecule has 1 fully saturated rings. The molecule has 1 aliphatic rings. The van der Waals surface area contributed by atoms with Gasteiger partial charge in [0.1, 0.15) is 5.25 Å². The molecule has 8 heteroatoms. The minimum absolute atomic E-state index is 0.219. The summed E-state index contributed by atoms with van der Waals surface area (Å²) in [6.07, 6.45) is 1.40. The molecule has 0 spiro atoms. The van der Waals surface area contributed by atoms with Gasteiger partial charge in [-0.1, -0.05) is 11.8 Å². The van der Waals surface area contributed by atoms with E-state index in [1.54, 1.807) is 17.6 Å². The lowest BCUT2D eigenvalue weighted by Gasteiger charge is -1.97. The first kappa shape index (κ1) is 13.8. The van der Waals surface area contributed by atoms with Gasteiger partial charge in [-0.15, -0.1) is 16.4 Å². The number of aliphatic carboxylic acids is 1. The Bertz CT molecular complexity index is 565. The molecule has 1 atom stereocenters. The molecule has 0 radical (unpaired) electrons. The quantitative estimate of drug-likeness (QED) is 0.650. The van der Waals surface area contributed by atoms with Crippen LogP contribution in [0.2, 0.25) is 0 Å². The summed E-state index contributed by atoms with van der Waals surface area (Å²) >= 11 is 2.64. The lowest BCUT2D eigenvalue weighted by molar-refractivity contribution is -0.138. The minimum atomic E-state index is -1.01. The van der Waals surface area contributed by atoms with Gasteiger partial charge in [-0.05, 0) is 23.9 Å². The average molecular weight is 297 g/mol. The fourth-order valence-corrected chi connectivity index (χ4v) is 3.09. The SMILES string of the molecule is Cc1ccsc1/C=N/N=C1\NC(=O)C(CC(=O)O)S1. The molecule has 2 heterocycles. The Hall–Kier alpha value is -1.67. The zero-order chi connectivity index (χ0) is 13.8. The predicted octanol–water partition coefficient (Wildman–Crippen LogP) is 1.45. The van der Waals surface area contributed by atoms with Crippen LogP contribution in [0.3, 0.4) is 0 Å². The Labute approximate surface area is 117 Å². The van der Waals surface area contributed by atoms with E-state index in [-0.39, 0.29) is 12.3 Å². The number of aryl methyl sites for hydroxylation is 1. The van der Waals surface area contributed by atoms with Crippen molar-refractivity contribution in [2.24, 2.45) is 10.2 Å². The number of carbonyl (C=O) groups is 2. The van der Waals surface area contributed by atoms with Crippen LogP contribution in [0.15, 0.2) is 21.6 Å². The van der Waals surface area contributed by atoms with Crippen LogP contribution < -0.4 is 5.32 Å². The van der Waals surface area contributed by atoms with Gasteiger partial charge in [-0.2, -0.15) is 5.10 Å². The molecule has 1 amide bonds. The summed E-state index contributed by atoms with van der Waals surface area (Å²) in [7, 11) is 0. The lowest BCUT2D eigenvalue weighted by atomic mass is 10.3. The van der Waals surface area contributed by atoms with Crippen LogP contribution in [-0.4, -0.2) is 33.6 Å². The van der Waals surface area contributed by atoms with Gasteiger partial charge in [0.15, 0.2) is 5.17 Å². The highest BCUT2D eigenvalue weighted by Crippen LogP contribution is 2.22. The second-order valence-corrected chi connectivity index (χ2v) is 5.95. The number of carbonyl (C=O) groups excluding carboxylic acids is 1. The first-order valence-electron chi connectivity index (χ1n) is 5.40. The molecule has 0 saturated carbocycles. The molecule has 1 aromatic rings. The topological polar surface area (TPSA) is 91.1 Å². The summed E-state index contributed by atoms with van der Waals surface area (Å²) in [6, 6.07) is 1.98. The fourth-order valence-electron chi connectivity index (χ4n) is 1.40. The van der Waals surface area contributed by atoms with Gasteiger partial charge in [0.2, 0.25) is 5.91 Å². The van der Waals surface area contributed by atoms with E-state index in [0.29, 0.717) is 5.17 Å². The highest BCUT2D eigenvalue weighted by atomic mass is 32.2. The largest absolute Gasteiger partial charge is 0.481 e. The molecule has 6 nitrogen and oxygen atoms in total. The molecule has 1 aromatic heterocycles. The molecule has 0 aliphatic carbocycles. The molecule has 0 aromatic carbocycles. The summed E-state index contributed by atoms with van der Waals surface area (Å²) in [5.74, 6) is -1.35. The van der Waals surface area contributed by atoms with Gasteiger partial charge >= 0.3 is 5.97 Å². The molecule has 19 heavy (non-hydrogen) atoms. The fraction of sp³-hybridized carbons (Fsp3) is 0.273. The number of carboxylic acids is 1. The number of carboxylic acid groups (broad SMARTS) is 1. The Morgan fingerprint density at radius 1 is 1.63 bits per heavy atom. The van der Waals surface area contributed by atoms with Crippen LogP contribution in [0, 0.1) is 6.92 Å². The van der Waals surface area contributed by atoms with Gasteiger partial charge in [-0.25, -0.2) is 0 Å². The number of nitrogens with one attached hydrogen (secondary N) is 1. The van der Waals surface area contributed by atoms with E-state index in [1.165, 1.54) is 0 Å². The number of thioether (sulfide) groups is 1. The highest BCUT2D eigenvalue weighted by molar-refractivity contribution is 8.15. The van der Waals surface area contributed by atoms with E-state index in [9.17, 15) is 9.59 Å². The first-order valence-corrected chi connectivity index (χ1v) is 7.16. The summed E-state index contributed by atoms with van der Waals surface area (Å²) in [5, 5.41) is 20.6. The van der Waals surface area contributed by atoms with Crippen molar-refractivity contribution in [1.82, 2.24) is 5.32 Å². The lowest BCUT2D eigenvalue weighted by Crippen LogP contribution is -2.26. The predicted molar refractivity (Wildman–Crippen MR) is 75.9 cm³/mol. The summed E-state index contributed by atoms with van der Waals surface area (Å²) < 4.78 is 0. The van der Waals surface area contributed by atoms with E-state index in [0.717, 1.165) is 22.2 Å². The van der Waals surface area contributed by atoms with Crippen molar-refractivity contribution in [3.8, 4) is 0 Å². The van der Waals surface area contributed by atoms with E-state index in [4.69, 9.17) is 5.11 Å². The molecule has 100 valence electrons. The van der Waals surface area contributed by atoms with Crippen LogP contribution in [0.1, 0.15) is 16.9 Å². The van der Waals surface area contributed by atoms with E-state index in [2.05, 4.69) is 15.5 Å². The minimum Gasteiger partial charge on any atom is -0.481 e. The van der Waals surface area contributed by atoms with Gasteiger partial charge in [0.25, 0.3) is 0 Å². The van der Waals surface area contributed by atoms with Crippen LogP contribution >= 0.6 is 23.1 Å². The van der Waals surface area contributed by atoms with Gasteiger partial charge in [0.05, 0.1) is 17.5 Å². The smallest absolute Gasteiger partial charge is 0.305 e. The Balaban J connectivity index is 1.98. The number of hydrogen-bond donors (Lipinski definition) is 2. The summed E-state index contributed by atoms with van der Waals surface area (Å²) in [5.41, 5.74) is 1.11. The van der Waals surface area contributed by atoms with E-state index < -0.39 is 11.2 Å². The average Bonchev–Trinajstić information content (AvgIpc) is 2.87. The van der Waals surface area contributed by atoms with Crippen LogP contribution in [-0.2, 0) is 9.59 Å². The molecule has 1 unspecified atom stereocenters. The Morgan fingerprint density at radius 3 is 3.05 bits per heavy atom. The first-order chi connectivity index (χ1) is 9.06. The second-order valence-electron chi connectivity index (χ2n) is 3.81. The number of hydrogen-bond acceptors (Lipinski definition) is 6. The summed E-state index contributed by atoms with van der Waals surface area (Å²) in [6.45, 7) is 1.97. The zero-order valence-electron chi connectivity index (χ0n) is 9.99. The third kappa shape index (κ3) is 3.65. The third-order valence-corrected chi connectivity index (χ3v) is 4.39. The Kier molecular flexibility index (Phi) is 4.33. The second kappa shape index (κ2) is 5.98. The molecule has 1 saturated heterocycles. The van der Waals surface area contributed by atoms with Crippen molar-refractivity contribution in [3.63, 3.8) is 0 Å². The van der Waals surface area contributed by atoms with Crippen LogP contribution in [0.4, 0.5) is 0 Å². The maximum absolute atomic E-state index is 11.4. The van der Waals surface area contributed by atoms with E-state index >= 15 is 0 Å². The normalized spacial score (nSPS) is 21.2. The standard InChI is InChI=1S/C11H11N3O3S2/c1-6-2-3-18-8(6)5-12-14-11-13-10(17)7(19-11)4-9(15)16/h2-3,5,7H,4H2,1H3,(H,15,16)(H,13,14,17)/b12-5+. The van der Waals surface area contributed by atoms with E-state index in [1.807, 2.05) is 18.4 Å².